The van der Waals surface area contributed by atoms with Gasteiger partial charge in [-0.15, -0.1) is 0 Å². The maximum atomic E-state index is 12.3. The van der Waals surface area contributed by atoms with Gasteiger partial charge >= 0.3 is 5.97 Å². The molecular weight excluding hydrogens is 264 g/mol. The van der Waals surface area contributed by atoms with E-state index in [9.17, 15) is 15.0 Å². The van der Waals surface area contributed by atoms with Crippen LogP contribution in [0.25, 0.3) is 0 Å². The van der Waals surface area contributed by atoms with E-state index in [0.717, 1.165) is 51.4 Å². The maximum Gasteiger partial charge on any atom is 0.312 e. The van der Waals surface area contributed by atoms with Gasteiger partial charge in [0.1, 0.15) is 0 Å². The zero-order valence-electron chi connectivity index (χ0n) is 13.7. The zero-order chi connectivity index (χ0) is 15.5. The first-order valence-electron chi connectivity index (χ1n) is 8.92. The number of aliphatic hydroxyl groups is 1. The highest BCUT2D eigenvalue weighted by Crippen LogP contribution is 2.53. The molecule has 0 aromatic carbocycles. The van der Waals surface area contributed by atoms with Gasteiger partial charge in [0.25, 0.3) is 0 Å². The summed E-state index contributed by atoms with van der Waals surface area (Å²) in [6.45, 7) is 3.79. The van der Waals surface area contributed by atoms with Crippen molar-refractivity contribution in [1.29, 1.82) is 0 Å². The quantitative estimate of drug-likeness (QED) is 0.791. The Morgan fingerprint density at radius 2 is 1.38 bits per heavy atom. The average molecular weight is 296 g/mol. The molecule has 0 spiro atoms. The first kappa shape index (κ1) is 16.8. The molecule has 0 aromatic heterocycles. The summed E-state index contributed by atoms with van der Waals surface area (Å²) in [7, 11) is 0. The van der Waals surface area contributed by atoms with Crippen molar-refractivity contribution in [2.75, 3.05) is 0 Å². The molecule has 2 atom stereocenters. The fraction of sp³-hybridized carbons (Fsp3) is 0.944. The van der Waals surface area contributed by atoms with Crippen molar-refractivity contribution >= 4 is 5.97 Å². The summed E-state index contributed by atoms with van der Waals surface area (Å²) < 4.78 is 0. The van der Waals surface area contributed by atoms with Gasteiger partial charge < -0.3 is 10.2 Å². The van der Waals surface area contributed by atoms with Crippen molar-refractivity contribution in [2.24, 2.45) is 17.3 Å². The van der Waals surface area contributed by atoms with E-state index in [1.807, 2.05) is 13.8 Å². The molecule has 21 heavy (non-hydrogen) atoms. The van der Waals surface area contributed by atoms with Crippen LogP contribution in [0.15, 0.2) is 0 Å². The van der Waals surface area contributed by atoms with Crippen LogP contribution in [0, 0.1) is 17.3 Å². The molecule has 2 aliphatic rings. The number of hydrogen-bond donors (Lipinski definition) is 2. The number of carboxylic acid groups (broad SMARTS) is 1. The molecule has 0 amide bonds. The molecular formula is C18H32O3. The van der Waals surface area contributed by atoms with Gasteiger partial charge in [-0.1, -0.05) is 45.4 Å². The Kier molecular flexibility index (Phi) is 5.34. The third-order valence-electron chi connectivity index (χ3n) is 6.54. The van der Waals surface area contributed by atoms with E-state index in [4.69, 9.17) is 0 Å². The molecule has 0 aliphatic heterocycles. The molecule has 0 radical (unpaired) electrons. The monoisotopic (exact) mass is 296 g/mol. The second kappa shape index (κ2) is 6.68. The van der Waals surface area contributed by atoms with Gasteiger partial charge in [0, 0.05) is 0 Å². The summed E-state index contributed by atoms with van der Waals surface area (Å²) in [6, 6.07) is 0. The van der Waals surface area contributed by atoms with E-state index in [-0.39, 0.29) is 11.8 Å². The fourth-order valence-electron chi connectivity index (χ4n) is 5.23. The molecule has 3 heteroatoms. The van der Waals surface area contributed by atoms with Gasteiger partial charge in [0.05, 0.1) is 11.0 Å². The SMILES string of the molecule is CCC(C(=O)O)(C1CCCCC1)C(C)(O)C1CCCCC1. The summed E-state index contributed by atoms with van der Waals surface area (Å²) >= 11 is 0. The lowest BCUT2D eigenvalue weighted by Gasteiger charge is -2.52. The Hall–Kier alpha value is -0.570. The van der Waals surface area contributed by atoms with Gasteiger partial charge in [-0.05, 0) is 50.9 Å². The molecule has 0 bridgehead atoms. The molecule has 3 nitrogen and oxygen atoms in total. The lowest BCUT2D eigenvalue weighted by Crippen LogP contribution is -2.59. The Labute approximate surface area is 129 Å². The van der Waals surface area contributed by atoms with Crippen LogP contribution in [0.2, 0.25) is 0 Å². The van der Waals surface area contributed by atoms with Crippen LogP contribution < -0.4 is 0 Å². The second-order valence-corrected chi connectivity index (χ2v) is 7.45. The Morgan fingerprint density at radius 3 is 1.76 bits per heavy atom. The second-order valence-electron chi connectivity index (χ2n) is 7.45. The summed E-state index contributed by atoms with van der Waals surface area (Å²) in [5.41, 5.74) is -2.05. The van der Waals surface area contributed by atoms with Crippen LogP contribution in [0.4, 0.5) is 0 Å². The number of hydrogen-bond acceptors (Lipinski definition) is 2. The zero-order valence-corrected chi connectivity index (χ0v) is 13.7. The number of carbonyl (C=O) groups is 1. The number of aliphatic carboxylic acids is 1. The fourth-order valence-corrected chi connectivity index (χ4v) is 5.23. The normalized spacial score (nSPS) is 27.8. The third-order valence-corrected chi connectivity index (χ3v) is 6.54. The standard InChI is InChI=1S/C18H32O3/c1-3-18(16(19)20,15-12-8-5-9-13-15)17(2,21)14-10-6-4-7-11-14/h14-15,21H,3-13H2,1-2H3,(H,19,20). The van der Waals surface area contributed by atoms with Crippen molar-refractivity contribution in [3.63, 3.8) is 0 Å². The number of rotatable bonds is 5. The highest BCUT2D eigenvalue weighted by molar-refractivity contribution is 5.77. The Balaban J connectivity index is 2.34. The van der Waals surface area contributed by atoms with Crippen molar-refractivity contribution in [3.05, 3.63) is 0 Å². The topological polar surface area (TPSA) is 57.5 Å². The first-order valence-corrected chi connectivity index (χ1v) is 8.92. The predicted octanol–water partition coefficient (Wildman–Crippen LogP) is 4.38. The lowest BCUT2D eigenvalue weighted by molar-refractivity contribution is -0.193. The van der Waals surface area contributed by atoms with E-state index in [1.165, 1.54) is 12.8 Å². The van der Waals surface area contributed by atoms with E-state index in [1.54, 1.807) is 0 Å². The molecule has 2 aliphatic carbocycles. The van der Waals surface area contributed by atoms with E-state index in [2.05, 4.69) is 0 Å². The largest absolute Gasteiger partial charge is 0.481 e. The summed E-state index contributed by atoms with van der Waals surface area (Å²) in [6.07, 6.45) is 11.3. The number of carboxylic acids is 1. The smallest absolute Gasteiger partial charge is 0.312 e. The van der Waals surface area contributed by atoms with Gasteiger partial charge in [-0.2, -0.15) is 0 Å². The van der Waals surface area contributed by atoms with Crippen LogP contribution in [0.1, 0.15) is 84.5 Å². The van der Waals surface area contributed by atoms with Crippen LogP contribution in [0.3, 0.4) is 0 Å². The molecule has 2 rings (SSSR count). The van der Waals surface area contributed by atoms with Gasteiger partial charge in [-0.25, -0.2) is 0 Å². The molecule has 0 saturated heterocycles. The third kappa shape index (κ3) is 2.86. The molecule has 2 saturated carbocycles. The van der Waals surface area contributed by atoms with E-state index in [0.29, 0.717) is 6.42 Å². The van der Waals surface area contributed by atoms with Crippen molar-refractivity contribution in [1.82, 2.24) is 0 Å². The van der Waals surface area contributed by atoms with Crippen LogP contribution in [-0.4, -0.2) is 21.8 Å². The van der Waals surface area contributed by atoms with Gasteiger partial charge in [0.2, 0.25) is 0 Å². The van der Waals surface area contributed by atoms with Crippen molar-refractivity contribution in [3.8, 4) is 0 Å². The highest BCUT2D eigenvalue weighted by atomic mass is 16.4. The minimum Gasteiger partial charge on any atom is -0.481 e. The molecule has 2 unspecified atom stereocenters. The van der Waals surface area contributed by atoms with Crippen molar-refractivity contribution < 1.29 is 15.0 Å². The summed E-state index contributed by atoms with van der Waals surface area (Å²) in [4.78, 5) is 12.3. The average Bonchev–Trinajstić information content (AvgIpc) is 2.50. The molecule has 0 heterocycles. The maximum absolute atomic E-state index is 12.3. The Bertz CT molecular complexity index is 351. The molecule has 2 fully saturated rings. The van der Waals surface area contributed by atoms with E-state index < -0.39 is 17.0 Å². The van der Waals surface area contributed by atoms with Crippen LogP contribution in [0.5, 0.6) is 0 Å². The minimum atomic E-state index is -1.09. The lowest BCUT2D eigenvalue weighted by atomic mass is 9.54. The predicted molar refractivity (Wildman–Crippen MR) is 84.1 cm³/mol. The van der Waals surface area contributed by atoms with E-state index >= 15 is 0 Å². The summed E-state index contributed by atoms with van der Waals surface area (Å²) in [5.74, 6) is -0.498. The molecule has 2 N–H and O–H groups in total. The van der Waals surface area contributed by atoms with Gasteiger partial charge in [-0.3, -0.25) is 4.79 Å². The molecule has 122 valence electrons. The van der Waals surface area contributed by atoms with Crippen LogP contribution in [-0.2, 0) is 4.79 Å². The van der Waals surface area contributed by atoms with Gasteiger partial charge in [0.15, 0.2) is 0 Å². The van der Waals surface area contributed by atoms with Crippen molar-refractivity contribution in [2.45, 2.75) is 90.1 Å². The highest BCUT2D eigenvalue weighted by Gasteiger charge is 2.59. The minimum absolute atomic E-state index is 0.130. The molecule has 0 aromatic rings. The summed E-state index contributed by atoms with van der Waals surface area (Å²) in [5, 5.41) is 21.5. The first-order chi connectivity index (χ1) is 9.96. The Morgan fingerprint density at radius 1 is 0.952 bits per heavy atom. The van der Waals surface area contributed by atoms with Crippen LogP contribution >= 0.6 is 0 Å².